The molecule has 1 saturated carbocycles. The van der Waals surface area contributed by atoms with Crippen LogP contribution in [-0.4, -0.2) is 50.3 Å². The third-order valence-corrected chi connectivity index (χ3v) is 6.36. The van der Waals surface area contributed by atoms with Gasteiger partial charge in [-0.1, -0.05) is 6.07 Å². The Hall–Kier alpha value is -1.93. The molecule has 2 aliphatic rings. The van der Waals surface area contributed by atoms with Crippen molar-refractivity contribution in [1.82, 2.24) is 4.31 Å². The predicted molar refractivity (Wildman–Crippen MR) is 82.7 cm³/mol. The molecule has 0 bridgehead atoms. The van der Waals surface area contributed by atoms with Crippen LogP contribution < -0.4 is 4.90 Å². The minimum absolute atomic E-state index is 0.0983. The van der Waals surface area contributed by atoms with E-state index < -0.39 is 27.3 Å². The van der Waals surface area contributed by atoms with Gasteiger partial charge in [-0.2, -0.15) is 0 Å². The smallest absolute Gasteiger partial charge is 0.319 e. The SMILES string of the molecule is CN(C)S(=O)(=O)c1ccc2c(c1)N(C(=O)C1(C(=O)O)CC1)CC2. The molecule has 1 fully saturated rings. The maximum Gasteiger partial charge on any atom is 0.319 e. The van der Waals surface area contributed by atoms with Crippen molar-refractivity contribution in [2.24, 2.45) is 5.41 Å². The maximum atomic E-state index is 12.6. The molecule has 0 unspecified atom stereocenters. The van der Waals surface area contributed by atoms with E-state index in [-0.39, 0.29) is 4.90 Å². The van der Waals surface area contributed by atoms with Crippen LogP contribution in [0.3, 0.4) is 0 Å². The van der Waals surface area contributed by atoms with E-state index in [2.05, 4.69) is 0 Å². The highest BCUT2D eigenvalue weighted by Crippen LogP contribution is 2.49. The molecule has 0 radical (unpaired) electrons. The van der Waals surface area contributed by atoms with Crippen molar-refractivity contribution in [2.75, 3.05) is 25.5 Å². The number of carbonyl (C=O) groups excluding carboxylic acids is 1. The average Bonchev–Trinajstić information content (AvgIpc) is 3.20. The Bertz CT molecular complexity index is 796. The summed E-state index contributed by atoms with van der Waals surface area (Å²) in [5.41, 5.74) is 0.0422. The lowest BCUT2D eigenvalue weighted by Crippen LogP contribution is -2.40. The number of fused-ring (bicyclic) bond motifs is 1. The minimum Gasteiger partial charge on any atom is -0.480 e. The number of hydrogen-bond donors (Lipinski definition) is 1. The van der Waals surface area contributed by atoms with Crippen LogP contribution in [-0.2, 0) is 26.0 Å². The molecule has 3 rings (SSSR count). The fraction of sp³-hybridized carbons (Fsp3) is 0.467. The van der Waals surface area contributed by atoms with Crippen LogP contribution in [0.2, 0.25) is 0 Å². The number of carboxylic acids is 1. The molecule has 1 aromatic carbocycles. The third-order valence-electron chi connectivity index (χ3n) is 4.54. The van der Waals surface area contributed by atoms with Gasteiger partial charge in [0.25, 0.3) is 0 Å². The number of sulfonamides is 1. The zero-order valence-corrected chi connectivity index (χ0v) is 13.8. The first-order chi connectivity index (χ1) is 10.7. The molecule has 1 amide bonds. The van der Waals surface area contributed by atoms with Gasteiger partial charge in [0.2, 0.25) is 15.9 Å². The van der Waals surface area contributed by atoms with E-state index in [1.54, 1.807) is 6.07 Å². The lowest BCUT2D eigenvalue weighted by molar-refractivity contribution is -0.148. The molecular weight excluding hydrogens is 320 g/mol. The summed E-state index contributed by atoms with van der Waals surface area (Å²) in [7, 11) is -0.726. The molecule has 124 valence electrons. The number of anilines is 1. The Labute approximate surface area is 134 Å². The number of nitrogens with zero attached hydrogens (tertiary/aromatic N) is 2. The molecule has 0 atom stereocenters. The summed E-state index contributed by atoms with van der Waals surface area (Å²) in [5, 5.41) is 9.29. The molecule has 23 heavy (non-hydrogen) atoms. The Morgan fingerprint density at radius 1 is 1.26 bits per heavy atom. The molecule has 1 aromatic rings. The molecule has 0 aromatic heterocycles. The number of amides is 1. The molecule has 8 heteroatoms. The normalized spacial score (nSPS) is 18.8. The van der Waals surface area contributed by atoms with E-state index in [1.807, 2.05) is 0 Å². The van der Waals surface area contributed by atoms with Gasteiger partial charge in [-0.25, -0.2) is 12.7 Å². The van der Waals surface area contributed by atoms with Crippen molar-refractivity contribution in [3.05, 3.63) is 23.8 Å². The minimum atomic E-state index is -3.60. The van der Waals surface area contributed by atoms with Crippen molar-refractivity contribution in [3.63, 3.8) is 0 Å². The van der Waals surface area contributed by atoms with Crippen LogP contribution in [0.5, 0.6) is 0 Å². The lowest BCUT2D eigenvalue weighted by Gasteiger charge is -2.22. The summed E-state index contributed by atoms with van der Waals surface area (Å²) in [6, 6.07) is 4.68. The van der Waals surface area contributed by atoms with Crippen molar-refractivity contribution in [1.29, 1.82) is 0 Å². The topological polar surface area (TPSA) is 95.0 Å². The van der Waals surface area contributed by atoms with Gasteiger partial charge in [0.05, 0.1) is 4.90 Å². The molecule has 0 saturated heterocycles. The van der Waals surface area contributed by atoms with E-state index in [4.69, 9.17) is 0 Å². The summed E-state index contributed by atoms with van der Waals surface area (Å²) in [5.74, 6) is -1.55. The number of carboxylic acid groups (broad SMARTS) is 1. The largest absolute Gasteiger partial charge is 0.480 e. The summed E-state index contributed by atoms with van der Waals surface area (Å²) in [4.78, 5) is 25.5. The highest BCUT2D eigenvalue weighted by molar-refractivity contribution is 7.89. The van der Waals surface area contributed by atoms with Crippen LogP contribution in [0.25, 0.3) is 0 Å². The van der Waals surface area contributed by atoms with Crippen LogP contribution in [0, 0.1) is 5.41 Å². The van der Waals surface area contributed by atoms with Gasteiger partial charge in [0, 0.05) is 26.3 Å². The number of aliphatic carboxylic acids is 1. The molecule has 0 spiro atoms. The van der Waals surface area contributed by atoms with Crippen molar-refractivity contribution in [3.8, 4) is 0 Å². The quantitative estimate of drug-likeness (QED) is 0.815. The molecule has 1 N–H and O–H groups in total. The Morgan fingerprint density at radius 2 is 1.91 bits per heavy atom. The van der Waals surface area contributed by atoms with Crippen LogP contribution in [0.15, 0.2) is 23.1 Å². The Morgan fingerprint density at radius 3 is 2.43 bits per heavy atom. The van der Waals surface area contributed by atoms with E-state index in [0.717, 1.165) is 9.87 Å². The van der Waals surface area contributed by atoms with Crippen LogP contribution >= 0.6 is 0 Å². The fourth-order valence-corrected chi connectivity index (χ4v) is 3.77. The van der Waals surface area contributed by atoms with Gasteiger partial charge in [-0.3, -0.25) is 9.59 Å². The predicted octanol–water partition coefficient (Wildman–Crippen LogP) is 0.691. The average molecular weight is 338 g/mol. The highest BCUT2D eigenvalue weighted by Gasteiger charge is 2.59. The first-order valence-electron chi connectivity index (χ1n) is 7.31. The Kier molecular flexibility index (Phi) is 3.49. The highest BCUT2D eigenvalue weighted by atomic mass is 32.2. The summed E-state index contributed by atoms with van der Waals surface area (Å²) < 4.78 is 25.6. The van der Waals surface area contributed by atoms with E-state index in [9.17, 15) is 23.1 Å². The first kappa shape index (κ1) is 15.9. The van der Waals surface area contributed by atoms with Gasteiger partial charge < -0.3 is 10.0 Å². The molecule has 1 aliphatic heterocycles. The van der Waals surface area contributed by atoms with Crippen LogP contribution in [0.4, 0.5) is 5.69 Å². The summed E-state index contributed by atoms with van der Waals surface area (Å²) in [6.45, 7) is 0.384. The lowest BCUT2D eigenvalue weighted by atomic mass is 10.1. The monoisotopic (exact) mass is 338 g/mol. The van der Waals surface area contributed by atoms with Gasteiger partial charge in [0.15, 0.2) is 0 Å². The number of benzene rings is 1. The standard InChI is InChI=1S/C15H18N2O5S/c1-16(2)23(21,22)11-4-3-10-5-8-17(12(10)9-11)13(18)15(6-7-15)14(19)20/h3-4,9H,5-8H2,1-2H3,(H,19,20). The number of hydrogen-bond acceptors (Lipinski definition) is 4. The van der Waals surface area contributed by atoms with Crippen molar-refractivity contribution in [2.45, 2.75) is 24.2 Å². The zero-order chi connectivity index (χ0) is 17.0. The van der Waals surface area contributed by atoms with E-state index in [0.29, 0.717) is 31.5 Å². The molecule has 7 nitrogen and oxygen atoms in total. The van der Waals surface area contributed by atoms with E-state index in [1.165, 1.54) is 31.1 Å². The summed E-state index contributed by atoms with van der Waals surface area (Å²) >= 11 is 0. The van der Waals surface area contributed by atoms with Gasteiger partial charge in [-0.05, 0) is 37.0 Å². The second-order valence-corrected chi connectivity index (χ2v) is 8.32. The fourth-order valence-electron chi connectivity index (χ4n) is 2.84. The van der Waals surface area contributed by atoms with Gasteiger partial charge in [-0.15, -0.1) is 0 Å². The summed E-state index contributed by atoms with van der Waals surface area (Å²) in [6.07, 6.45) is 1.27. The second kappa shape index (κ2) is 5.04. The molecular formula is C15H18N2O5S. The number of carbonyl (C=O) groups is 2. The zero-order valence-electron chi connectivity index (χ0n) is 12.9. The van der Waals surface area contributed by atoms with Gasteiger partial charge >= 0.3 is 5.97 Å². The van der Waals surface area contributed by atoms with Crippen molar-refractivity contribution < 1.29 is 23.1 Å². The van der Waals surface area contributed by atoms with Crippen LogP contribution in [0.1, 0.15) is 18.4 Å². The van der Waals surface area contributed by atoms with Gasteiger partial charge in [0.1, 0.15) is 5.41 Å². The van der Waals surface area contributed by atoms with E-state index >= 15 is 0 Å². The first-order valence-corrected chi connectivity index (χ1v) is 8.75. The molecule has 1 aliphatic carbocycles. The molecule has 1 heterocycles. The third kappa shape index (κ3) is 2.33. The van der Waals surface area contributed by atoms with Crippen molar-refractivity contribution >= 4 is 27.6 Å². The number of rotatable bonds is 4. The second-order valence-electron chi connectivity index (χ2n) is 6.17. The maximum absolute atomic E-state index is 12.6. The Balaban J connectivity index is 2.00.